The van der Waals surface area contributed by atoms with E-state index in [0.29, 0.717) is 6.42 Å². The summed E-state index contributed by atoms with van der Waals surface area (Å²) in [6, 6.07) is 2.89. The Bertz CT molecular complexity index is 514. The summed E-state index contributed by atoms with van der Waals surface area (Å²) in [4.78, 5) is -0.116. The first-order valence-electron chi connectivity index (χ1n) is 5.05. The van der Waals surface area contributed by atoms with E-state index in [2.05, 4.69) is 11.3 Å². The summed E-state index contributed by atoms with van der Waals surface area (Å²) in [5.74, 6) is -0.569. The summed E-state index contributed by atoms with van der Waals surface area (Å²) in [6.07, 6.45) is 2.11. The Labute approximate surface area is 100 Å². The number of nitrogens with one attached hydrogen (secondary N) is 1. The number of sulfonamides is 1. The summed E-state index contributed by atoms with van der Waals surface area (Å²) in [5.41, 5.74) is 5.37. The van der Waals surface area contributed by atoms with Gasteiger partial charge in [0.15, 0.2) is 0 Å². The Kier molecular flexibility index (Phi) is 4.25. The number of hydrogen-bond acceptors (Lipinski definition) is 3. The lowest BCUT2D eigenvalue weighted by atomic mass is 10.3. The smallest absolute Gasteiger partial charge is 0.242 e. The highest BCUT2D eigenvalue weighted by Gasteiger charge is 2.19. The lowest BCUT2D eigenvalue weighted by Crippen LogP contribution is -2.32. The van der Waals surface area contributed by atoms with Crippen LogP contribution in [0.25, 0.3) is 0 Å². The Morgan fingerprint density at radius 2 is 2.24 bits per heavy atom. The molecule has 0 spiro atoms. The number of hydrogen-bond donors (Lipinski definition) is 2. The zero-order chi connectivity index (χ0) is 13.1. The van der Waals surface area contributed by atoms with Gasteiger partial charge in [-0.15, -0.1) is 6.58 Å². The van der Waals surface area contributed by atoms with Gasteiger partial charge in [-0.2, -0.15) is 0 Å². The monoisotopic (exact) mass is 258 g/mol. The molecule has 17 heavy (non-hydrogen) atoms. The Hall–Kier alpha value is -1.40. The van der Waals surface area contributed by atoms with Gasteiger partial charge in [0.2, 0.25) is 10.0 Å². The van der Waals surface area contributed by atoms with Gasteiger partial charge in [-0.25, -0.2) is 17.5 Å². The molecule has 1 unspecified atom stereocenters. The van der Waals surface area contributed by atoms with Crippen molar-refractivity contribution in [3.63, 3.8) is 0 Å². The number of halogens is 1. The minimum absolute atomic E-state index is 0.108. The molecule has 4 nitrogen and oxygen atoms in total. The van der Waals surface area contributed by atoms with Crippen molar-refractivity contribution in [2.45, 2.75) is 24.3 Å². The van der Waals surface area contributed by atoms with Crippen LogP contribution in [0.5, 0.6) is 0 Å². The van der Waals surface area contributed by atoms with Crippen molar-refractivity contribution in [1.29, 1.82) is 0 Å². The van der Waals surface area contributed by atoms with E-state index in [9.17, 15) is 12.8 Å². The van der Waals surface area contributed by atoms with Crippen LogP contribution in [0.1, 0.15) is 13.3 Å². The van der Waals surface area contributed by atoms with Gasteiger partial charge in [0, 0.05) is 6.04 Å². The van der Waals surface area contributed by atoms with E-state index >= 15 is 0 Å². The van der Waals surface area contributed by atoms with Crippen molar-refractivity contribution in [1.82, 2.24) is 4.72 Å². The van der Waals surface area contributed by atoms with Gasteiger partial charge >= 0.3 is 0 Å². The van der Waals surface area contributed by atoms with Gasteiger partial charge in [-0.05, 0) is 31.5 Å². The molecule has 0 saturated heterocycles. The average Bonchev–Trinajstić information content (AvgIpc) is 2.15. The Balaban J connectivity index is 3.01. The summed E-state index contributed by atoms with van der Waals surface area (Å²) < 4.78 is 39.0. The molecule has 0 amide bonds. The summed E-state index contributed by atoms with van der Waals surface area (Å²) in [6.45, 7) is 5.23. The van der Waals surface area contributed by atoms with E-state index in [4.69, 9.17) is 5.73 Å². The molecule has 0 aromatic heterocycles. The van der Waals surface area contributed by atoms with Gasteiger partial charge in [0.25, 0.3) is 0 Å². The van der Waals surface area contributed by atoms with Crippen LogP contribution in [0.3, 0.4) is 0 Å². The maximum absolute atomic E-state index is 12.8. The standard InChI is InChI=1S/C11H15FN2O2S/c1-3-4-8(2)14-17(15,16)11-6-5-9(12)7-10(11)13/h3,5-8,14H,1,4,13H2,2H3. The van der Waals surface area contributed by atoms with Crippen LogP contribution in [0.4, 0.5) is 10.1 Å². The van der Waals surface area contributed by atoms with E-state index in [-0.39, 0.29) is 16.6 Å². The number of benzene rings is 1. The van der Waals surface area contributed by atoms with E-state index in [1.54, 1.807) is 13.0 Å². The van der Waals surface area contributed by atoms with Crippen molar-refractivity contribution >= 4 is 15.7 Å². The van der Waals surface area contributed by atoms with Gasteiger partial charge < -0.3 is 5.73 Å². The molecule has 1 aromatic carbocycles. The molecule has 0 aliphatic heterocycles. The first-order chi connectivity index (χ1) is 7.86. The van der Waals surface area contributed by atoms with Crippen molar-refractivity contribution < 1.29 is 12.8 Å². The maximum atomic E-state index is 12.8. The van der Waals surface area contributed by atoms with Crippen LogP contribution in [-0.4, -0.2) is 14.5 Å². The summed E-state index contributed by atoms with van der Waals surface area (Å²) in [7, 11) is -3.72. The van der Waals surface area contributed by atoms with Crippen LogP contribution in [0, 0.1) is 5.82 Å². The molecular formula is C11H15FN2O2S. The molecule has 0 saturated carbocycles. The molecule has 1 aromatic rings. The molecule has 0 aliphatic rings. The largest absolute Gasteiger partial charge is 0.398 e. The highest BCUT2D eigenvalue weighted by atomic mass is 32.2. The van der Waals surface area contributed by atoms with Crippen LogP contribution >= 0.6 is 0 Å². The fourth-order valence-electron chi connectivity index (χ4n) is 1.39. The van der Waals surface area contributed by atoms with Gasteiger partial charge in [-0.3, -0.25) is 0 Å². The van der Waals surface area contributed by atoms with Crippen LogP contribution in [0.2, 0.25) is 0 Å². The number of nitrogens with two attached hydrogens (primary N) is 1. The maximum Gasteiger partial charge on any atom is 0.242 e. The molecule has 0 aliphatic carbocycles. The minimum atomic E-state index is -3.72. The second kappa shape index (κ2) is 5.29. The lowest BCUT2D eigenvalue weighted by Gasteiger charge is -2.13. The third kappa shape index (κ3) is 3.54. The molecule has 0 heterocycles. The fraction of sp³-hybridized carbons (Fsp3) is 0.273. The van der Waals surface area contributed by atoms with E-state index in [0.717, 1.165) is 18.2 Å². The van der Waals surface area contributed by atoms with Crippen molar-refractivity contribution in [3.8, 4) is 0 Å². The van der Waals surface area contributed by atoms with Crippen molar-refractivity contribution in [2.75, 3.05) is 5.73 Å². The third-order valence-electron chi connectivity index (χ3n) is 2.14. The van der Waals surface area contributed by atoms with Crippen LogP contribution < -0.4 is 10.5 Å². The van der Waals surface area contributed by atoms with Gasteiger partial charge in [0.1, 0.15) is 10.7 Å². The summed E-state index contributed by atoms with van der Waals surface area (Å²) in [5, 5.41) is 0. The molecule has 3 N–H and O–H groups in total. The average molecular weight is 258 g/mol. The molecule has 94 valence electrons. The predicted molar refractivity (Wildman–Crippen MR) is 65.4 cm³/mol. The topological polar surface area (TPSA) is 72.2 Å². The highest BCUT2D eigenvalue weighted by molar-refractivity contribution is 7.89. The van der Waals surface area contributed by atoms with Crippen LogP contribution in [-0.2, 0) is 10.0 Å². The second-order valence-corrected chi connectivity index (χ2v) is 5.41. The quantitative estimate of drug-likeness (QED) is 0.623. The number of nitrogen functional groups attached to an aromatic ring is 1. The van der Waals surface area contributed by atoms with Crippen molar-refractivity contribution in [3.05, 3.63) is 36.7 Å². The van der Waals surface area contributed by atoms with Crippen LogP contribution in [0.15, 0.2) is 35.7 Å². The molecule has 0 fully saturated rings. The predicted octanol–water partition coefficient (Wildman–Crippen LogP) is 1.65. The number of rotatable bonds is 5. The minimum Gasteiger partial charge on any atom is -0.398 e. The first-order valence-corrected chi connectivity index (χ1v) is 6.53. The zero-order valence-electron chi connectivity index (χ0n) is 9.48. The second-order valence-electron chi connectivity index (χ2n) is 3.73. The van der Waals surface area contributed by atoms with Crippen molar-refractivity contribution in [2.24, 2.45) is 0 Å². The van der Waals surface area contributed by atoms with E-state index in [1.807, 2.05) is 0 Å². The Morgan fingerprint density at radius 1 is 1.59 bits per heavy atom. The first kappa shape index (κ1) is 13.7. The molecule has 1 atom stereocenters. The molecular weight excluding hydrogens is 243 g/mol. The van der Waals surface area contributed by atoms with E-state index < -0.39 is 15.8 Å². The lowest BCUT2D eigenvalue weighted by molar-refractivity contribution is 0.562. The van der Waals surface area contributed by atoms with E-state index in [1.165, 1.54) is 0 Å². The highest BCUT2D eigenvalue weighted by Crippen LogP contribution is 2.19. The summed E-state index contributed by atoms with van der Waals surface area (Å²) >= 11 is 0. The Morgan fingerprint density at radius 3 is 2.76 bits per heavy atom. The molecule has 0 bridgehead atoms. The SMILES string of the molecule is C=CCC(C)NS(=O)(=O)c1ccc(F)cc1N. The molecule has 1 rings (SSSR count). The van der Waals surface area contributed by atoms with Gasteiger partial charge in [-0.1, -0.05) is 6.08 Å². The molecule has 6 heteroatoms. The van der Waals surface area contributed by atoms with Gasteiger partial charge in [0.05, 0.1) is 5.69 Å². The molecule has 0 radical (unpaired) electrons. The number of anilines is 1. The fourth-order valence-corrected chi connectivity index (χ4v) is 2.76. The zero-order valence-corrected chi connectivity index (χ0v) is 10.3. The third-order valence-corrected chi connectivity index (χ3v) is 3.80. The normalized spacial score (nSPS) is 13.3.